The Morgan fingerprint density at radius 3 is 2.42 bits per heavy atom. The number of aromatic nitrogens is 2. The van der Waals surface area contributed by atoms with Gasteiger partial charge in [-0.05, 0) is 48.5 Å². The van der Waals surface area contributed by atoms with Gasteiger partial charge in [0.05, 0.1) is 24.3 Å². The molecule has 0 unspecified atom stereocenters. The molecule has 0 radical (unpaired) electrons. The summed E-state index contributed by atoms with van der Waals surface area (Å²) >= 11 is 0. The molecule has 9 nitrogen and oxygen atoms in total. The lowest BCUT2D eigenvalue weighted by Crippen LogP contribution is -2.43. The minimum absolute atomic E-state index is 0.0293. The molecule has 0 spiro atoms. The van der Waals surface area contributed by atoms with E-state index in [0.29, 0.717) is 22.7 Å². The number of ether oxygens (including phenoxy) is 2. The second-order valence-electron chi connectivity index (χ2n) is 8.17. The molecule has 36 heavy (non-hydrogen) atoms. The normalized spacial score (nSPS) is 13.3. The highest BCUT2D eigenvalue weighted by Gasteiger charge is 2.14. The molecular formula is C26H25FN6O3. The van der Waals surface area contributed by atoms with Gasteiger partial charge in [0, 0.05) is 49.7 Å². The molecule has 1 saturated heterocycles. The average Bonchev–Trinajstić information content (AvgIpc) is 2.91. The Hall–Kier alpha value is -4.44. The van der Waals surface area contributed by atoms with Gasteiger partial charge in [0.25, 0.3) is 0 Å². The van der Waals surface area contributed by atoms with Crippen LogP contribution >= 0.6 is 0 Å². The van der Waals surface area contributed by atoms with Crippen molar-refractivity contribution in [3.8, 4) is 17.2 Å². The van der Waals surface area contributed by atoms with E-state index in [1.54, 1.807) is 61.8 Å². The SMILES string of the molecule is COc1ccc(NC(=O)Nc2ccc(Oc3ccc4ncc(N5CCNCC5)nc4c3)c(F)c2)cc1. The molecule has 1 aliphatic heterocycles. The van der Waals surface area contributed by atoms with Gasteiger partial charge in [-0.15, -0.1) is 0 Å². The second-order valence-corrected chi connectivity index (χ2v) is 8.17. The number of methoxy groups -OCH3 is 1. The predicted octanol–water partition coefficient (Wildman–Crippen LogP) is 4.62. The van der Waals surface area contributed by atoms with Crippen LogP contribution in [0.2, 0.25) is 0 Å². The number of benzene rings is 3. The fraction of sp³-hybridized carbons (Fsp3) is 0.192. The van der Waals surface area contributed by atoms with E-state index in [0.717, 1.165) is 37.5 Å². The van der Waals surface area contributed by atoms with Crippen molar-refractivity contribution in [1.82, 2.24) is 15.3 Å². The highest BCUT2D eigenvalue weighted by molar-refractivity contribution is 5.99. The van der Waals surface area contributed by atoms with E-state index in [1.165, 1.54) is 12.1 Å². The summed E-state index contributed by atoms with van der Waals surface area (Å²) < 4.78 is 25.6. The molecule has 0 bridgehead atoms. The molecule has 3 N–H and O–H groups in total. The van der Waals surface area contributed by atoms with Crippen molar-refractivity contribution in [3.63, 3.8) is 0 Å². The molecule has 184 valence electrons. The number of rotatable bonds is 6. The van der Waals surface area contributed by atoms with E-state index in [2.05, 4.69) is 25.8 Å². The predicted molar refractivity (Wildman–Crippen MR) is 137 cm³/mol. The van der Waals surface area contributed by atoms with Crippen molar-refractivity contribution in [1.29, 1.82) is 0 Å². The van der Waals surface area contributed by atoms with E-state index >= 15 is 0 Å². The maximum Gasteiger partial charge on any atom is 0.323 e. The summed E-state index contributed by atoms with van der Waals surface area (Å²) in [7, 11) is 1.56. The van der Waals surface area contributed by atoms with Crippen LogP contribution in [-0.2, 0) is 0 Å². The smallest absolute Gasteiger partial charge is 0.323 e. The summed E-state index contributed by atoms with van der Waals surface area (Å²) in [5, 5.41) is 8.61. The highest BCUT2D eigenvalue weighted by atomic mass is 19.1. The standard InChI is InChI=1S/C26H25FN6O3/c1-35-19-5-2-17(3-6-19)30-26(34)31-18-4-9-24(21(27)14-18)36-20-7-8-22-23(15-20)32-25(16-29-22)33-12-10-28-11-13-33/h2-9,14-16,28H,10-13H2,1H3,(H2,30,31,34). The Morgan fingerprint density at radius 2 is 1.67 bits per heavy atom. The van der Waals surface area contributed by atoms with Crippen LogP contribution in [0.1, 0.15) is 0 Å². The van der Waals surface area contributed by atoms with Gasteiger partial charge in [-0.25, -0.2) is 14.2 Å². The van der Waals surface area contributed by atoms with Crippen LogP contribution in [0.5, 0.6) is 17.2 Å². The number of amides is 2. The number of anilines is 3. The van der Waals surface area contributed by atoms with Crippen LogP contribution in [0.15, 0.2) is 66.9 Å². The Balaban J connectivity index is 1.25. The van der Waals surface area contributed by atoms with Crippen molar-refractivity contribution < 1.29 is 18.7 Å². The van der Waals surface area contributed by atoms with Crippen molar-refractivity contribution >= 4 is 34.3 Å². The number of nitrogens with one attached hydrogen (secondary N) is 3. The first-order chi connectivity index (χ1) is 17.6. The third-order valence-corrected chi connectivity index (χ3v) is 5.71. The molecule has 1 aromatic heterocycles. The maximum atomic E-state index is 14.8. The third kappa shape index (κ3) is 5.44. The van der Waals surface area contributed by atoms with Crippen LogP contribution in [0.25, 0.3) is 11.0 Å². The van der Waals surface area contributed by atoms with Gasteiger partial charge in [0.15, 0.2) is 11.6 Å². The van der Waals surface area contributed by atoms with Gasteiger partial charge in [-0.1, -0.05) is 0 Å². The number of carbonyl (C=O) groups is 1. The lowest BCUT2D eigenvalue weighted by Gasteiger charge is -2.28. The Labute approximate surface area is 207 Å². The second kappa shape index (κ2) is 10.4. The third-order valence-electron chi connectivity index (χ3n) is 5.71. The molecule has 1 fully saturated rings. The molecule has 0 saturated carbocycles. The van der Waals surface area contributed by atoms with Crippen LogP contribution in [0.3, 0.4) is 0 Å². The average molecular weight is 489 g/mol. The Kier molecular flexibility index (Phi) is 6.76. The molecule has 0 aliphatic carbocycles. The first kappa shape index (κ1) is 23.3. The van der Waals surface area contributed by atoms with Gasteiger partial charge >= 0.3 is 6.03 Å². The van der Waals surface area contributed by atoms with Gasteiger partial charge in [0.2, 0.25) is 0 Å². The molecule has 2 heterocycles. The van der Waals surface area contributed by atoms with Crippen molar-refractivity contribution in [2.75, 3.05) is 48.8 Å². The summed E-state index contributed by atoms with van der Waals surface area (Å²) in [4.78, 5) is 23.6. The summed E-state index contributed by atoms with van der Waals surface area (Å²) in [6, 6.07) is 15.8. The van der Waals surface area contributed by atoms with Crippen molar-refractivity contribution in [2.45, 2.75) is 0 Å². The van der Waals surface area contributed by atoms with Crippen LogP contribution in [-0.4, -0.2) is 49.3 Å². The summed E-state index contributed by atoms with van der Waals surface area (Å²) in [5.41, 5.74) is 2.26. The minimum atomic E-state index is -0.613. The molecule has 4 aromatic rings. The lowest BCUT2D eigenvalue weighted by atomic mass is 10.2. The van der Waals surface area contributed by atoms with E-state index < -0.39 is 11.8 Å². The summed E-state index contributed by atoms with van der Waals surface area (Å²) in [5.74, 6) is 1.33. The summed E-state index contributed by atoms with van der Waals surface area (Å²) in [6.45, 7) is 3.52. The monoisotopic (exact) mass is 488 g/mol. The van der Waals surface area contributed by atoms with E-state index in [9.17, 15) is 9.18 Å². The van der Waals surface area contributed by atoms with Crippen molar-refractivity contribution in [2.24, 2.45) is 0 Å². The quantitative estimate of drug-likeness (QED) is 0.364. The van der Waals surface area contributed by atoms with Crippen LogP contribution < -0.4 is 30.3 Å². The molecule has 0 atom stereocenters. The zero-order valence-corrected chi connectivity index (χ0v) is 19.6. The highest BCUT2D eigenvalue weighted by Crippen LogP contribution is 2.29. The summed E-state index contributed by atoms with van der Waals surface area (Å²) in [6.07, 6.45) is 1.77. The molecule has 10 heteroatoms. The maximum absolute atomic E-state index is 14.8. The van der Waals surface area contributed by atoms with E-state index in [1.807, 2.05) is 0 Å². The van der Waals surface area contributed by atoms with Gasteiger partial charge in [-0.3, -0.25) is 4.98 Å². The number of halogens is 1. The zero-order valence-electron chi connectivity index (χ0n) is 19.6. The number of nitrogens with zero attached hydrogens (tertiary/aromatic N) is 3. The minimum Gasteiger partial charge on any atom is -0.497 e. The molecule has 1 aliphatic rings. The molecule has 5 rings (SSSR count). The van der Waals surface area contributed by atoms with E-state index in [4.69, 9.17) is 14.5 Å². The van der Waals surface area contributed by atoms with Crippen LogP contribution in [0.4, 0.5) is 26.4 Å². The molecule has 2 amide bonds. The number of hydrogen-bond donors (Lipinski definition) is 3. The fourth-order valence-corrected chi connectivity index (χ4v) is 3.85. The number of carbonyl (C=O) groups excluding carboxylic acids is 1. The van der Waals surface area contributed by atoms with Crippen LogP contribution in [0, 0.1) is 5.82 Å². The Bertz CT molecular complexity index is 1380. The van der Waals surface area contributed by atoms with E-state index in [-0.39, 0.29) is 11.4 Å². The molecular weight excluding hydrogens is 463 g/mol. The van der Waals surface area contributed by atoms with Crippen molar-refractivity contribution in [3.05, 3.63) is 72.7 Å². The number of piperazine rings is 1. The number of urea groups is 1. The van der Waals surface area contributed by atoms with Gasteiger partial charge < -0.3 is 30.3 Å². The number of hydrogen-bond acceptors (Lipinski definition) is 7. The molecule has 3 aromatic carbocycles. The number of fused-ring (bicyclic) bond motifs is 1. The lowest BCUT2D eigenvalue weighted by molar-refractivity contribution is 0.262. The first-order valence-electron chi connectivity index (χ1n) is 11.5. The van der Waals surface area contributed by atoms with Gasteiger partial charge in [-0.2, -0.15) is 0 Å². The fourth-order valence-electron chi connectivity index (χ4n) is 3.85. The Morgan fingerprint density at radius 1 is 0.944 bits per heavy atom. The topological polar surface area (TPSA) is 101 Å². The largest absolute Gasteiger partial charge is 0.497 e. The zero-order chi connectivity index (χ0) is 24.9. The first-order valence-corrected chi connectivity index (χ1v) is 11.5. The van der Waals surface area contributed by atoms with Gasteiger partial charge in [0.1, 0.15) is 17.3 Å².